The van der Waals surface area contributed by atoms with E-state index >= 15 is 0 Å². The molecule has 128 valence electrons. The van der Waals surface area contributed by atoms with E-state index in [1.165, 1.54) is 6.92 Å². The second-order valence-electron chi connectivity index (χ2n) is 5.43. The molecule has 7 nitrogen and oxygen atoms in total. The highest BCUT2D eigenvalue weighted by atomic mass is 32.2. The van der Waals surface area contributed by atoms with Crippen LogP contribution < -0.4 is 4.72 Å². The molecule has 10 heteroatoms. The van der Waals surface area contributed by atoms with Gasteiger partial charge in [0.25, 0.3) is 0 Å². The zero-order valence-corrected chi connectivity index (χ0v) is 13.9. The van der Waals surface area contributed by atoms with Crippen LogP contribution in [0.5, 0.6) is 0 Å². The van der Waals surface area contributed by atoms with Gasteiger partial charge in [0, 0.05) is 25.0 Å². The lowest BCUT2D eigenvalue weighted by atomic mass is 10.2. The molecule has 0 fully saturated rings. The van der Waals surface area contributed by atoms with Crippen LogP contribution in [0.15, 0.2) is 23.4 Å². The first kappa shape index (κ1) is 17.5. The minimum atomic E-state index is -3.88. The average molecular weight is 347 g/mol. The van der Waals surface area contributed by atoms with E-state index in [-0.39, 0.29) is 23.1 Å². The first-order valence-electron chi connectivity index (χ1n) is 7.02. The molecule has 0 spiro atoms. The summed E-state index contributed by atoms with van der Waals surface area (Å²) in [6, 6.07) is 1.86. The van der Waals surface area contributed by atoms with Crippen molar-refractivity contribution in [3.05, 3.63) is 29.8 Å². The Morgan fingerprint density at radius 1 is 1.30 bits per heavy atom. The summed E-state index contributed by atoms with van der Waals surface area (Å²) in [6.07, 6.45) is 2.61. The number of aryl methyl sites for hydroxylation is 1. The number of nitrogens with one attached hydrogen (secondary N) is 1. The van der Waals surface area contributed by atoms with E-state index in [0.29, 0.717) is 11.2 Å². The van der Waals surface area contributed by atoms with Gasteiger partial charge in [0.1, 0.15) is 4.90 Å². The maximum atomic E-state index is 12.7. The van der Waals surface area contributed by atoms with Crippen LogP contribution in [0, 0.1) is 19.8 Å². The summed E-state index contributed by atoms with van der Waals surface area (Å²) >= 11 is 0. The van der Waals surface area contributed by atoms with Crippen LogP contribution in [0.25, 0.3) is 0 Å². The third kappa shape index (κ3) is 3.94. The van der Waals surface area contributed by atoms with Gasteiger partial charge in [0.05, 0.1) is 11.9 Å². The first-order chi connectivity index (χ1) is 10.7. The maximum absolute atomic E-state index is 12.7. The zero-order valence-electron chi connectivity index (χ0n) is 13.1. The lowest BCUT2D eigenvalue weighted by Gasteiger charge is -2.14. The number of aromatic nitrogens is 4. The van der Waals surface area contributed by atoms with Gasteiger partial charge in [-0.25, -0.2) is 17.8 Å². The van der Waals surface area contributed by atoms with Crippen molar-refractivity contribution in [2.45, 2.75) is 38.8 Å². The largest absolute Gasteiger partial charge is 0.333 e. The highest BCUT2D eigenvalue weighted by Crippen LogP contribution is 2.19. The Bertz CT molecular complexity index is 769. The second kappa shape index (κ2) is 6.75. The van der Waals surface area contributed by atoms with E-state index < -0.39 is 16.6 Å². The molecule has 0 saturated heterocycles. The number of rotatable bonds is 7. The molecule has 0 bridgehead atoms. The predicted molar refractivity (Wildman–Crippen MR) is 79.5 cm³/mol. The number of sulfonamides is 1. The molecule has 2 rings (SSSR count). The summed E-state index contributed by atoms with van der Waals surface area (Å²) in [4.78, 5) is -0.236. The Hall–Kier alpha value is -1.81. The number of hydrogen-bond donors (Lipinski definition) is 1. The molecule has 0 aromatic carbocycles. The van der Waals surface area contributed by atoms with Crippen LogP contribution in [-0.2, 0) is 16.6 Å². The van der Waals surface area contributed by atoms with Crippen molar-refractivity contribution in [2.75, 3.05) is 6.54 Å². The number of halogens is 2. The normalized spacial score (nSPS) is 13.7. The molecule has 2 aromatic heterocycles. The first-order valence-corrected chi connectivity index (χ1v) is 8.51. The Balaban J connectivity index is 2.03. The van der Waals surface area contributed by atoms with Crippen LogP contribution in [0.3, 0.4) is 0 Å². The topological polar surface area (TPSA) is 81.8 Å². The number of hydrogen-bond acceptors (Lipinski definition) is 4. The highest BCUT2D eigenvalue weighted by Gasteiger charge is 2.24. The smallest absolute Gasteiger partial charge is 0.270 e. The molecule has 1 atom stereocenters. The molecule has 0 amide bonds. The van der Waals surface area contributed by atoms with Gasteiger partial charge >= 0.3 is 6.55 Å². The molecule has 2 aromatic rings. The molecular formula is C13H19F2N5O2S. The fourth-order valence-corrected chi connectivity index (χ4v) is 3.48. The zero-order chi connectivity index (χ0) is 17.2. The summed E-state index contributed by atoms with van der Waals surface area (Å²) in [5, 5.41) is 7.55. The van der Waals surface area contributed by atoms with E-state index in [1.807, 2.05) is 19.9 Å². The van der Waals surface area contributed by atoms with Crippen LogP contribution >= 0.6 is 0 Å². The molecule has 0 saturated carbocycles. The SMILES string of the molecule is Cc1ccnn1CC(C)CNS(=O)(=O)c1cnn(C(F)F)c1C. The molecule has 23 heavy (non-hydrogen) atoms. The summed E-state index contributed by atoms with van der Waals surface area (Å²) in [7, 11) is -3.88. The van der Waals surface area contributed by atoms with Crippen molar-refractivity contribution < 1.29 is 17.2 Å². The summed E-state index contributed by atoms with van der Waals surface area (Å²) < 4.78 is 54.4. The van der Waals surface area contributed by atoms with Gasteiger partial charge in [-0.1, -0.05) is 6.92 Å². The lowest BCUT2D eigenvalue weighted by Crippen LogP contribution is -2.30. The molecule has 2 heterocycles. The Labute approximate surface area is 133 Å². The van der Waals surface area contributed by atoms with Crippen molar-refractivity contribution in [1.82, 2.24) is 24.3 Å². The summed E-state index contributed by atoms with van der Waals surface area (Å²) in [6.45, 7) is 2.92. The third-order valence-corrected chi connectivity index (χ3v) is 5.04. The summed E-state index contributed by atoms with van der Waals surface area (Å²) in [5.41, 5.74) is 0.886. The summed E-state index contributed by atoms with van der Waals surface area (Å²) in [5.74, 6) is -0.0196. The van der Waals surface area contributed by atoms with E-state index in [9.17, 15) is 17.2 Å². The van der Waals surface area contributed by atoms with Gasteiger partial charge < -0.3 is 0 Å². The third-order valence-electron chi connectivity index (χ3n) is 3.51. The predicted octanol–water partition coefficient (Wildman–Crippen LogP) is 1.71. The van der Waals surface area contributed by atoms with Gasteiger partial charge in [-0.05, 0) is 25.8 Å². The average Bonchev–Trinajstić information content (AvgIpc) is 3.04. The Kier molecular flexibility index (Phi) is 5.15. The Morgan fingerprint density at radius 2 is 2.00 bits per heavy atom. The van der Waals surface area contributed by atoms with E-state index in [4.69, 9.17) is 0 Å². The molecule has 1 N–H and O–H groups in total. The lowest BCUT2D eigenvalue weighted by molar-refractivity contribution is 0.0541. The molecule has 0 radical (unpaired) electrons. The van der Waals surface area contributed by atoms with Crippen molar-refractivity contribution in [1.29, 1.82) is 0 Å². The minimum Gasteiger partial charge on any atom is -0.270 e. The van der Waals surface area contributed by atoms with Gasteiger partial charge in [-0.3, -0.25) is 4.68 Å². The van der Waals surface area contributed by atoms with Crippen molar-refractivity contribution in [3.8, 4) is 0 Å². The molecule has 0 aliphatic heterocycles. The molecular weight excluding hydrogens is 328 g/mol. The minimum absolute atomic E-state index is 0.0196. The van der Waals surface area contributed by atoms with Crippen LogP contribution in [0.1, 0.15) is 24.9 Å². The van der Waals surface area contributed by atoms with Gasteiger partial charge in [0.2, 0.25) is 10.0 Å². The van der Waals surface area contributed by atoms with Gasteiger partial charge in [-0.15, -0.1) is 0 Å². The Morgan fingerprint density at radius 3 is 2.52 bits per heavy atom. The second-order valence-corrected chi connectivity index (χ2v) is 7.16. The quantitative estimate of drug-likeness (QED) is 0.827. The molecule has 0 aliphatic carbocycles. The van der Waals surface area contributed by atoms with Crippen LogP contribution in [-0.4, -0.2) is 34.5 Å². The van der Waals surface area contributed by atoms with Crippen LogP contribution in [0.4, 0.5) is 8.78 Å². The number of alkyl halides is 2. The number of nitrogens with zero attached hydrogens (tertiary/aromatic N) is 4. The fraction of sp³-hybridized carbons (Fsp3) is 0.538. The van der Waals surface area contributed by atoms with E-state index in [1.54, 1.807) is 10.9 Å². The van der Waals surface area contributed by atoms with Crippen LogP contribution in [0.2, 0.25) is 0 Å². The fourth-order valence-electron chi connectivity index (χ4n) is 2.15. The van der Waals surface area contributed by atoms with E-state index in [2.05, 4.69) is 14.9 Å². The monoisotopic (exact) mass is 347 g/mol. The maximum Gasteiger partial charge on any atom is 0.333 e. The van der Waals surface area contributed by atoms with Gasteiger partial charge in [0.15, 0.2) is 0 Å². The van der Waals surface area contributed by atoms with Crippen molar-refractivity contribution in [3.63, 3.8) is 0 Å². The highest BCUT2D eigenvalue weighted by molar-refractivity contribution is 7.89. The van der Waals surface area contributed by atoms with Gasteiger partial charge in [-0.2, -0.15) is 19.0 Å². The van der Waals surface area contributed by atoms with Crippen molar-refractivity contribution >= 4 is 10.0 Å². The molecule has 0 aliphatic rings. The van der Waals surface area contributed by atoms with E-state index in [0.717, 1.165) is 11.9 Å². The standard InChI is InChI=1S/C13H19F2N5O2S/c1-9(8-19-10(2)4-5-16-19)6-18-23(21,22)12-7-17-20(11(12)3)13(14)15/h4-5,7,9,13,18H,6,8H2,1-3H3. The molecule has 1 unspecified atom stereocenters. The van der Waals surface area contributed by atoms with Crippen molar-refractivity contribution in [2.24, 2.45) is 5.92 Å².